The zero-order valence-electron chi connectivity index (χ0n) is 13.4. The fourth-order valence-corrected chi connectivity index (χ4v) is 2.61. The van der Waals surface area contributed by atoms with Crippen molar-refractivity contribution in [3.05, 3.63) is 83.9 Å². The molecule has 0 spiro atoms. The first-order valence-corrected chi connectivity index (χ1v) is 7.88. The summed E-state index contributed by atoms with van der Waals surface area (Å²) in [7, 11) is 0. The number of hydrogen-bond donors (Lipinski definition) is 1. The number of nitrogens with zero attached hydrogens (tertiary/aromatic N) is 2. The lowest BCUT2D eigenvalue weighted by Gasteiger charge is -2.16. The number of aliphatic hydroxyl groups is 1. The number of aromatic nitrogens is 2. The minimum absolute atomic E-state index is 0.105. The van der Waals surface area contributed by atoms with Gasteiger partial charge in [0.2, 0.25) is 0 Å². The molecule has 0 amide bonds. The Morgan fingerprint density at radius 2 is 1.76 bits per heavy atom. The standard InChI is InChI=1S/C19H18F2N2O2/c20-19(21)23-11-10-22-18(23)13-25-17-9-5-4-8-15(17)16(24)12-14-6-2-1-3-7-14/h1-11,16,19,24H,12-13H2. The molecule has 1 N–H and O–H groups in total. The number of ether oxygens (including phenoxy) is 1. The average Bonchev–Trinajstić information content (AvgIpc) is 3.10. The number of alkyl halides is 2. The SMILES string of the molecule is OC(Cc1ccccc1)c1ccccc1OCc1nccn1C(F)F. The summed E-state index contributed by atoms with van der Waals surface area (Å²) in [6.45, 7) is -2.77. The van der Waals surface area contributed by atoms with Crippen LogP contribution in [0.4, 0.5) is 8.78 Å². The van der Waals surface area contributed by atoms with Crippen LogP contribution >= 0.6 is 0 Å². The number of rotatable bonds is 7. The van der Waals surface area contributed by atoms with Crippen molar-refractivity contribution in [3.8, 4) is 5.75 Å². The van der Waals surface area contributed by atoms with Gasteiger partial charge in [0, 0.05) is 24.4 Å². The third-order valence-corrected chi connectivity index (χ3v) is 3.87. The maximum Gasteiger partial charge on any atom is 0.320 e. The second-order valence-electron chi connectivity index (χ2n) is 5.56. The first-order chi connectivity index (χ1) is 12.1. The Labute approximate surface area is 144 Å². The second kappa shape index (κ2) is 7.90. The van der Waals surface area contributed by atoms with E-state index in [4.69, 9.17) is 4.74 Å². The summed E-state index contributed by atoms with van der Waals surface area (Å²) in [5.41, 5.74) is 1.61. The highest BCUT2D eigenvalue weighted by Gasteiger charge is 2.16. The smallest absolute Gasteiger partial charge is 0.320 e. The first kappa shape index (κ1) is 17.1. The van der Waals surface area contributed by atoms with Crippen LogP contribution in [0, 0.1) is 0 Å². The van der Waals surface area contributed by atoms with E-state index in [-0.39, 0.29) is 12.4 Å². The molecule has 0 aliphatic rings. The fourth-order valence-electron chi connectivity index (χ4n) is 2.61. The third kappa shape index (κ3) is 4.22. The molecule has 0 fully saturated rings. The summed E-state index contributed by atoms with van der Waals surface area (Å²) in [5.74, 6) is 0.581. The molecule has 1 heterocycles. The summed E-state index contributed by atoms with van der Waals surface area (Å²) in [4.78, 5) is 3.89. The predicted octanol–water partition coefficient (Wildman–Crippen LogP) is 4.13. The van der Waals surface area contributed by atoms with Crippen molar-refractivity contribution in [2.75, 3.05) is 0 Å². The molecule has 130 valence electrons. The average molecular weight is 344 g/mol. The van der Waals surface area contributed by atoms with Crippen molar-refractivity contribution >= 4 is 0 Å². The molecule has 0 saturated heterocycles. The molecule has 0 radical (unpaired) electrons. The first-order valence-electron chi connectivity index (χ1n) is 7.88. The van der Waals surface area contributed by atoms with Gasteiger partial charge in [-0.2, -0.15) is 8.78 Å². The molecule has 3 rings (SSSR count). The van der Waals surface area contributed by atoms with E-state index >= 15 is 0 Å². The van der Waals surface area contributed by atoms with Crippen LogP contribution in [-0.4, -0.2) is 14.7 Å². The number of hydrogen-bond acceptors (Lipinski definition) is 3. The molecule has 4 nitrogen and oxygen atoms in total. The van der Waals surface area contributed by atoms with Crippen LogP contribution in [0.1, 0.15) is 29.6 Å². The van der Waals surface area contributed by atoms with Crippen LogP contribution in [0.5, 0.6) is 5.75 Å². The largest absolute Gasteiger partial charge is 0.485 e. The Morgan fingerprint density at radius 3 is 2.52 bits per heavy atom. The van der Waals surface area contributed by atoms with Crippen LogP contribution in [0.15, 0.2) is 67.0 Å². The lowest BCUT2D eigenvalue weighted by Crippen LogP contribution is -2.09. The third-order valence-electron chi connectivity index (χ3n) is 3.87. The molecule has 0 aliphatic carbocycles. The van der Waals surface area contributed by atoms with E-state index in [0.29, 0.717) is 17.7 Å². The summed E-state index contributed by atoms with van der Waals surface area (Å²) in [6.07, 6.45) is 2.20. The normalized spacial score (nSPS) is 12.3. The molecule has 1 aromatic heterocycles. The maximum atomic E-state index is 12.9. The van der Waals surface area contributed by atoms with Gasteiger partial charge in [-0.3, -0.25) is 4.57 Å². The molecule has 0 saturated carbocycles. The minimum Gasteiger partial charge on any atom is -0.485 e. The van der Waals surface area contributed by atoms with Crippen molar-refractivity contribution in [3.63, 3.8) is 0 Å². The molecule has 1 atom stereocenters. The van der Waals surface area contributed by atoms with Crippen molar-refractivity contribution in [1.82, 2.24) is 9.55 Å². The van der Waals surface area contributed by atoms with Gasteiger partial charge in [0.15, 0.2) is 5.82 Å². The van der Waals surface area contributed by atoms with Crippen LogP contribution in [0.2, 0.25) is 0 Å². The molecule has 0 bridgehead atoms. The Hall–Kier alpha value is -2.73. The molecule has 0 aliphatic heterocycles. The lowest BCUT2D eigenvalue weighted by molar-refractivity contribution is 0.0630. The Bertz CT molecular complexity index is 806. The van der Waals surface area contributed by atoms with Crippen LogP contribution in [0.3, 0.4) is 0 Å². The van der Waals surface area contributed by atoms with E-state index < -0.39 is 12.7 Å². The van der Waals surface area contributed by atoms with E-state index in [2.05, 4.69) is 4.98 Å². The van der Waals surface area contributed by atoms with Gasteiger partial charge in [-0.15, -0.1) is 0 Å². The fraction of sp³-hybridized carbons (Fsp3) is 0.211. The van der Waals surface area contributed by atoms with Crippen LogP contribution < -0.4 is 4.74 Å². The zero-order chi connectivity index (χ0) is 17.6. The summed E-state index contributed by atoms with van der Waals surface area (Å²) in [6, 6.07) is 16.7. The quantitative estimate of drug-likeness (QED) is 0.701. The highest BCUT2D eigenvalue weighted by atomic mass is 19.3. The van der Waals surface area contributed by atoms with Gasteiger partial charge >= 0.3 is 6.55 Å². The number of imidazole rings is 1. The molecule has 3 aromatic rings. The summed E-state index contributed by atoms with van der Waals surface area (Å²) < 4.78 is 32.1. The van der Waals surface area contributed by atoms with Gasteiger partial charge < -0.3 is 9.84 Å². The Kier molecular flexibility index (Phi) is 5.40. The topological polar surface area (TPSA) is 47.3 Å². The Balaban J connectivity index is 1.73. The molecule has 6 heteroatoms. The van der Waals surface area contributed by atoms with Crippen LogP contribution in [-0.2, 0) is 13.0 Å². The van der Waals surface area contributed by atoms with E-state index in [0.717, 1.165) is 10.1 Å². The number of benzene rings is 2. The number of aliphatic hydroxyl groups excluding tert-OH is 1. The van der Waals surface area contributed by atoms with Gasteiger partial charge in [-0.25, -0.2) is 4.98 Å². The van der Waals surface area contributed by atoms with E-state index in [1.54, 1.807) is 24.3 Å². The number of halogens is 2. The Morgan fingerprint density at radius 1 is 1.04 bits per heavy atom. The van der Waals surface area contributed by atoms with Gasteiger partial charge in [0.1, 0.15) is 12.4 Å². The number of para-hydroxylation sites is 1. The second-order valence-corrected chi connectivity index (χ2v) is 5.56. The monoisotopic (exact) mass is 344 g/mol. The molecule has 25 heavy (non-hydrogen) atoms. The minimum atomic E-state index is -2.67. The maximum absolute atomic E-state index is 12.9. The van der Waals surface area contributed by atoms with Crippen molar-refractivity contribution in [2.45, 2.75) is 25.7 Å². The van der Waals surface area contributed by atoms with Gasteiger partial charge in [-0.1, -0.05) is 48.5 Å². The van der Waals surface area contributed by atoms with Crippen molar-refractivity contribution in [2.24, 2.45) is 0 Å². The van der Waals surface area contributed by atoms with E-state index in [1.165, 1.54) is 12.4 Å². The highest BCUT2D eigenvalue weighted by Crippen LogP contribution is 2.28. The van der Waals surface area contributed by atoms with Gasteiger partial charge in [0.25, 0.3) is 0 Å². The van der Waals surface area contributed by atoms with Gasteiger partial charge in [-0.05, 0) is 11.6 Å². The van der Waals surface area contributed by atoms with Crippen molar-refractivity contribution < 1.29 is 18.6 Å². The van der Waals surface area contributed by atoms with Crippen LogP contribution in [0.25, 0.3) is 0 Å². The highest BCUT2D eigenvalue weighted by molar-refractivity contribution is 5.36. The molecule has 2 aromatic carbocycles. The summed E-state index contributed by atoms with van der Waals surface area (Å²) in [5, 5.41) is 10.5. The van der Waals surface area contributed by atoms with E-state index in [9.17, 15) is 13.9 Å². The zero-order valence-corrected chi connectivity index (χ0v) is 13.4. The molecular formula is C19H18F2N2O2. The van der Waals surface area contributed by atoms with E-state index in [1.807, 2.05) is 30.3 Å². The summed E-state index contributed by atoms with van der Waals surface area (Å²) >= 11 is 0. The molecular weight excluding hydrogens is 326 g/mol. The predicted molar refractivity (Wildman–Crippen MR) is 89.4 cm³/mol. The lowest BCUT2D eigenvalue weighted by atomic mass is 10.0. The van der Waals surface area contributed by atoms with Gasteiger partial charge in [0.05, 0.1) is 6.10 Å². The molecule has 1 unspecified atom stereocenters. The van der Waals surface area contributed by atoms with Crippen molar-refractivity contribution in [1.29, 1.82) is 0 Å².